The SMILES string of the molecule is Cc1cc2oc3c(OC(F)F)ccc(C(=O)O)c3c2c(Cl)n1. The zero-order chi connectivity index (χ0) is 16.0. The Morgan fingerprint density at radius 2 is 2.14 bits per heavy atom. The van der Waals surface area contributed by atoms with E-state index in [0.717, 1.165) is 12.1 Å². The van der Waals surface area contributed by atoms with Crippen molar-refractivity contribution in [2.24, 2.45) is 0 Å². The number of aromatic nitrogens is 1. The summed E-state index contributed by atoms with van der Waals surface area (Å²) in [4.78, 5) is 15.4. The molecule has 0 aliphatic heterocycles. The molecule has 5 nitrogen and oxygen atoms in total. The molecule has 114 valence electrons. The fraction of sp³-hybridized carbons (Fsp3) is 0.143. The number of furan rings is 1. The topological polar surface area (TPSA) is 72.6 Å². The average molecular weight is 328 g/mol. The smallest absolute Gasteiger partial charge is 0.387 e. The number of carboxylic acid groups (broad SMARTS) is 1. The molecule has 0 bridgehead atoms. The molecule has 22 heavy (non-hydrogen) atoms. The minimum absolute atomic E-state index is 0.0328. The van der Waals surface area contributed by atoms with Crippen LogP contribution in [0.2, 0.25) is 5.15 Å². The second kappa shape index (κ2) is 5.10. The molecule has 3 aromatic rings. The third-order valence-corrected chi connectivity index (χ3v) is 3.37. The molecule has 0 saturated carbocycles. The lowest BCUT2D eigenvalue weighted by Gasteiger charge is -2.06. The van der Waals surface area contributed by atoms with Crippen LogP contribution in [0.25, 0.3) is 21.9 Å². The normalized spacial score (nSPS) is 11.5. The molecule has 2 aromatic heterocycles. The number of halogens is 3. The lowest BCUT2D eigenvalue weighted by atomic mass is 10.1. The molecule has 3 rings (SSSR count). The summed E-state index contributed by atoms with van der Waals surface area (Å²) < 4.78 is 34.8. The van der Waals surface area contributed by atoms with Crippen molar-refractivity contribution in [3.63, 3.8) is 0 Å². The van der Waals surface area contributed by atoms with Crippen molar-refractivity contribution >= 4 is 39.5 Å². The molecule has 0 fully saturated rings. The van der Waals surface area contributed by atoms with E-state index in [1.54, 1.807) is 13.0 Å². The predicted octanol–water partition coefficient (Wildman–Crippen LogP) is 4.24. The number of rotatable bonds is 3. The van der Waals surface area contributed by atoms with Gasteiger partial charge in [0.05, 0.1) is 10.9 Å². The highest BCUT2D eigenvalue weighted by atomic mass is 35.5. The van der Waals surface area contributed by atoms with E-state index in [2.05, 4.69) is 9.72 Å². The molecule has 0 amide bonds. The number of nitrogens with zero attached hydrogens (tertiary/aromatic N) is 1. The number of alkyl halides is 2. The molecule has 8 heteroatoms. The first-order chi connectivity index (χ1) is 10.4. The number of ether oxygens (including phenoxy) is 1. The highest BCUT2D eigenvalue weighted by Crippen LogP contribution is 2.40. The van der Waals surface area contributed by atoms with E-state index in [-0.39, 0.29) is 38.4 Å². The Bertz CT molecular complexity index is 907. The molecule has 0 aliphatic rings. The van der Waals surface area contributed by atoms with Crippen molar-refractivity contribution in [1.82, 2.24) is 4.98 Å². The van der Waals surface area contributed by atoms with Gasteiger partial charge >= 0.3 is 12.6 Å². The summed E-state index contributed by atoms with van der Waals surface area (Å²) in [5, 5.41) is 9.65. The summed E-state index contributed by atoms with van der Waals surface area (Å²) in [5.74, 6) is -1.51. The van der Waals surface area contributed by atoms with Crippen LogP contribution < -0.4 is 4.74 Å². The summed E-state index contributed by atoms with van der Waals surface area (Å²) in [6, 6.07) is 3.82. The van der Waals surface area contributed by atoms with E-state index in [0.29, 0.717) is 5.69 Å². The lowest BCUT2D eigenvalue weighted by molar-refractivity contribution is -0.0493. The van der Waals surface area contributed by atoms with Crippen LogP contribution in [-0.4, -0.2) is 22.7 Å². The van der Waals surface area contributed by atoms with Crippen molar-refractivity contribution in [2.75, 3.05) is 0 Å². The van der Waals surface area contributed by atoms with Gasteiger partial charge < -0.3 is 14.3 Å². The van der Waals surface area contributed by atoms with Crippen LogP contribution in [0.5, 0.6) is 5.75 Å². The van der Waals surface area contributed by atoms with Gasteiger partial charge in [-0.1, -0.05) is 11.6 Å². The fourth-order valence-electron chi connectivity index (χ4n) is 2.30. The average Bonchev–Trinajstić information content (AvgIpc) is 2.77. The first-order valence-corrected chi connectivity index (χ1v) is 6.46. The minimum Gasteiger partial charge on any atom is -0.478 e. The number of aromatic carboxylic acids is 1. The molecule has 1 N–H and O–H groups in total. The number of aryl methyl sites for hydroxylation is 1. The summed E-state index contributed by atoms with van der Waals surface area (Å²) in [5.41, 5.74) is 0.553. The number of carbonyl (C=O) groups is 1. The molecule has 0 spiro atoms. The Morgan fingerprint density at radius 1 is 1.41 bits per heavy atom. The quantitative estimate of drug-likeness (QED) is 0.728. The molecule has 0 unspecified atom stereocenters. The number of pyridine rings is 1. The molecular weight excluding hydrogens is 320 g/mol. The number of benzene rings is 1. The number of hydrogen-bond donors (Lipinski definition) is 1. The standard InChI is InChI=1S/C14H8ClF2NO4/c1-5-4-8-10(12(15)18-5)9-6(13(19)20)2-3-7(11(9)21-8)22-14(16)17/h2-4,14H,1H3,(H,19,20). The van der Waals surface area contributed by atoms with Gasteiger partial charge in [0.15, 0.2) is 11.3 Å². The number of carboxylic acids is 1. The molecule has 0 radical (unpaired) electrons. The molecule has 0 atom stereocenters. The first kappa shape index (κ1) is 14.5. The van der Waals surface area contributed by atoms with Crippen LogP contribution in [0.3, 0.4) is 0 Å². The van der Waals surface area contributed by atoms with Gasteiger partial charge in [0.1, 0.15) is 10.7 Å². The van der Waals surface area contributed by atoms with Gasteiger partial charge in [-0.05, 0) is 19.1 Å². The van der Waals surface area contributed by atoms with Crippen molar-refractivity contribution in [3.8, 4) is 5.75 Å². The van der Waals surface area contributed by atoms with E-state index >= 15 is 0 Å². The third kappa shape index (κ3) is 2.23. The lowest BCUT2D eigenvalue weighted by Crippen LogP contribution is -2.03. The second-order valence-corrected chi connectivity index (χ2v) is 4.89. The van der Waals surface area contributed by atoms with E-state index in [4.69, 9.17) is 16.0 Å². The molecule has 0 aliphatic carbocycles. The Labute approximate surface area is 127 Å². The van der Waals surface area contributed by atoms with E-state index in [1.807, 2.05) is 0 Å². The Balaban J connectivity index is 2.48. The molecule has 1 aromatic carbocycles. The van der Waals surface area contributed by atoms with Gasteiger partial charge in [-0.2, -0.15) is 8.78 Å². The van der Waals surface area contributed by atoms with Crippen LogP contribution in [0, 0.1) is 6.92 Å². The predicted molar refractivity (Wildman–Crippen MR) is 74.9 cm³/mol. The van der Waals surface area contributed by atoms with Gasteiger partial charge in [-0.3, -0.25) is 0 Å². The van der Waals surface area contributed by atoms with E-state index in [9.17, 15) is 18.7 Å². The van der Waals surface area contributed by atoms with Crippen molar-refractivity contribution < 1.29 is 27.8 Å². The zero-order valence-corrected chi connectivity index (χ0v) is 11.8. The Kier molecular flexibility index (Phi) is 3.37. The number of fused-ring (bicyclic) bond motifs is 3. The van der Waals surface area contributed by atoms with Gasteiger partial charge in [-0.15, -0.1) is 0 Å². The summed E-state index contributed by atoms with van der Waals surface area (Å²) in [6.45, 7) is -1.39. The van der Waals surface area contributed by atoms with Crippen LogP contribution in [0.4, 0.5) is 8.78 Å². The summed E-state index contributed by atoms with van der Waals surface area (Å²) in [7, 11) is 0. The van der Waals surface area contributed by atoms with Crippen LogP contribution in [0.15, 0.2) is 22.6 Å². The monoisotopic (exact) mass is 327 g/mol. The fourth-order valence-corrected chi connectivity index (χ4v) is 2.62. The van der Waals surface area contributed by atoms with Crippen LogP contribution >= 0.6 is 11.6 Å². The van der Waals surface area contributed by atoms with Crippen molar-refractivity contribution in [3.05, 3.63) is 34.6 Å². The third-order valence-electron chi connectivity index (χ3n) is 3.10. The first-order valence-electron chi connectivity index (χ1n) is 6.09. The van der Waals surface area contributed by atoms with Gasteiger partial charge in [0, 0.05) is 17.1 Å². The number of hydrogen-bond acceptors (Lipinski definition) is 4. The summed E-state index contributed by atoms with van der Waals surface area (Å²) >= 11 is 6.06. The minimum atomic E-state index is -3.07. The maximum absolute atomic E-state index is 12.5. The van der Waals surface area contributed by atoms with Crippen LogP contribution in [-0.2, 0) is 0 Å². The Morgan fingerprint density at radius 3 is 2.77 bits per heavy atom. The maximum Gasteiger partial charge on any atom is 0.387 e. The van der Waals surface area contributed by atoms with E-state index < -0.39 is 12.6 Å². The van der Waals surface area contributed by atoms with Crippen molar-refractivity contribution in [2.45, 2.75) is 13.5 Å². The molecular formula is C14H8ClF2NO4. The van der Waals surface area contributed by atoms with Crippen molar-refractivity contribution in [1.29, 1.82) is 0 Å². The highest BCUT2D eigenvalue weighted by molar-refractivity contribution is 6.37. The second-order valence-electron chi connectivity index (χ2n) is 4.53. The van der Waals surface area contributed by atoms with Gasteiger partial charge in [-0.25, -0.2) is 9.78 Å². The van der Waals surface area contributed by atoms with Crippen LogP contribution in [0.1, 0.15) is 16.1 Å². The molecule has 2 heterocycles. The van der Waals surface area contributed by atoms with Gasteiger partial charge in [0.25, 0.3) is 0 Å². The summed E-state index contributed by atoms with van der Waals surface area (Å²) in [6.07, 6.45) is 0. The van der Waals surface area contributed by atoms with Gasteiger partial charge in [0.2, 0.25) is 0 Å². The highest BCUT2D eigenvalue weighted by Gasteiger charge is 2.23. The maximum atomic E-state index is 12.5. The zero-order valence-electron chi connectivity index (χ0n) is 11.1. The molecule has 0 saturated heterocycles. The van der Waals surface area contributed by atoms with E-state index in [1.165, 1.54) is 0 Å². The Hall–Kier alpha value is -2.41. The largest absolute Gasteiger partial charge is 0.478 e.